The zero-order chi connectivity index (χ0) is 19.1. The molecule has 0 aliphatic heterocycles. The summed E-state index contributed by atoms with van der Waals surface area (Å²) in [5.74, 6) is -0.704. The topological polar surface area (TPSA) is 107 Å². The third-order valence-corrected chi connectivity index (χ3v) is 5.44. The average molecular weight is 363 g/mol. The second-order valence-corrected chi connectivity index (χ2v) is 8.03. The molecule has 0 heterocycles. The first-order valence-corrected chi connectivity index (χ1v) is 9.48. The lowest BCUT2D eigenvalue weighted by molar-refractivity contribution is -0.156. The van der Waals surface area contributed by atoms with Gasteiger partial charge < -0.3 is 5.32 Å². The number of hydroxylamine groups is 2. The number of amides is 5. The zero-order valence-electron chi connectivity index (χ0n) is 15.3. The van der Waals surface area contributed by atoms with Crippen LogP contribution in [0.15, 0.2) is 0 Å². The van der Waals surface area contributed by atoms with Crippen molar-refractivity contribution < 1.29 is 23.8 Å². The maximum atomic E-state index is 12.6. The van der Waals surface area contributed by atoms with Gasteiger partial charge in [-0.2, -0.15) is 0 Å². The maximum Gasteiger partial charge on any atom is 0.359 e. The van der Waals surface area contributed by atoms with Crippen LogP contribution >= 0.6 is 0 Å². The summed E-state index contributed by atoms with van der Waals surface area (Å²) in [6.07, 6.45) is 2.69. The molecule has 0 aromatic rings. The van der Waals surface area contributed by atoms with Gasteiger partial charge in [-0.1, -0.05) is 20.8 Å². The summed E-state index contributed by atoms with van der Waals surface area (Å²) >= 11 is 0. The van der Waals surface area contributed by atoms with Crippen LogP contribution in [-0.2, 0) is 15.6 Å². The normalized spacial score (nSPS) is 14.7. The first-order valence-electron chi connectivity index (χ1n) is 7.93. The molecule has 140 valence electrons. The van der Waals surface area contributed by atoms with Gasteiger partial charge in [0.15, 0.2) is 0 Å². The van der Waals surface area contributed by atoms with Crippen molar-refractivity contribution in [1.29, 1.82) is 0 Å². The molecule has 0 saturated carbocycles. The number of carbonyl (C=O) groups excluding carboxylic acids is 3. The van der Waals surface area contributed by atoms with Gasteiger partial charge in [0.1, 0.15) is 4.75 Å². The molecule has 8 nitrogen and oxygen atoms in total. The number of carbonyl (C=O) groups is 3. The minimum Gasteiger partial charge on any atom is -0.341 e. The summed E-state index contributed by atoms with van der Waals surface area (Å²) < 4.78 is 10.7. The second-order valence-electron chi connectivity index (χ2n) is 6.22. The minimum atomic E-state index is -1.60. The van der Waals surface area contributed by atoms with Crippen LogP contribution in [0.4, 0.5) is 9.59 Å². The molecule has 2 unspecified atom stereocenters. The Labute approximate surface area is 146 Å². The largest absolute Gasteiger partial charge is 0.359 e. The summed E-state index contributed by atoms with van der Waals surface area (Å²) in [5.41, 5.74) is 0. The van der Waals surface area contributed by atoms with Crippen molar-refractivity contribution in [3.63, 3.8) is 0 Å². The van der Waals surface area contributed by atoms with Crippen molar-refractivity contribution in [1.82, 2.24) is 15.3 Å². The highest BCUT2D eigenvalue weighted by Crippen LogP contribution is 2.25. The Kier molecular flexibility index (Phi) is 9.13. The van der Waals surface area contributed by atoms with Crippen LogP contribution in [0.3, 0.4) is 0 Å². The van der Waals surface area contributed by atoms with Gasteiger partial charge in [0.2, 0.25) is 0 Å². The van der Waals surface area contributed by atoms with Gasteiger partial charge in [0, 0.05) is 30.6 Å². The third-order valence-electron chi connectivity index (χ3n) is 3.80. The number of rotatable bonds is 7. The van der Waals surface area contributed by atoms with E-state index in [0.717, 1.165) is 4.90 Å². The van der Waals surface area contributed by atoms with Crippen molar-refractivity contribution in [3.8, 4) is 0 Å². The molecule has 0 aromatic carbocycles. The number of imide groups is 2. The molecule has 5 amide bonds. The molecule has 0 bridgehead atoms. The molecule has 9 heteroatoms. The highest BCUT2D eigenvalue weighted by Gasteiger charge is 2.43. The lowest BCUT2D eigenvalue weighted by Crippen LogP contribution is -2.56. The Morgan fingerprint density at radius 3 is 2.21 bits per heavy atom. The monoisotopic (exact) mass is 363 g/mol. The van der Waals surface area contributed by atoms with E-state index in [4.69, 9.17) is 0 Å². The van der Waals surface area contributed by atoms with Crippen molar-refractivity contribution in [2.75, 3.05) is 19.8 Å². The standard InChI is InChI=1S/C15H29N3O5S/c1-7-10-17(13(20)16-5)14(21)18(22)12(19)15(4,24(6)23)9-8-11(2)3/h11,22H,7-10H2,1-6H3,(H,16,20). The molecule has 2 atom stereocenters. The molecule has 0 aromatic heterocycles. The molecule has 0 rings (SSSR count). The van der Waals surface area contributed by atoms with Crippen LogP contribution in [0.2, 0.25) is 0 Å². The molecular formula is C15H29N3O5S. The Morgan fingerprint density at radius 2 is 1.83 bits per heavy atom. The molecule has 0 spiro atoms. The smallest absolute Gasteiger partial charge is 0.341 e. The highest BCUT2D eigenvalue weighted by molar-refractivity contribution is 7.86. The van der Waals surface area contributed by atoms with Crippen molar-refractivity contribution in [2.24, 2.45) is 5.92 Å². The maximum absolute atomic E-state index is 12.6. The molecule has 24 heavy (non-hydrogen) atoms. The fraction of sp³-hybridized carbons (Fsp3) is 0.800. The summed E-state index contributed by atoms with van der Waals surface area (Å²) in [4.78, 5) is 37.4. The fourth-order valence-electron chi connectivity index (χ4n) is 2.01. The van der Waals surface area contributed by atoms with Crippen LogP contribution in [0.5, 0.6) is 0 Å². The Hall–Kier alpha value is -1.48. The van der Waals surface area contributed by atoms with E-state index in [9.17, 15) is 23.8 Å². The van der Waals surface area contributed by atoms with E-state index < -0.39 is 33.5 Å². The molecule has 0 saturated heterocycles. The van der Waals surface area contributed by atoms with Gasteiger partial charge in [-0.3, -0.25) is 14.2 Å². The molecule has 0 aliphatic carbocycles. The number of hydrogen-bond donors (Lipinski definition) is 2. The van der Waals surface area contributed by atoms with Gasteiger partial charge in [-0.05, 0) is 32.1 Å². The summed E-state index contributed by atoms with van der Waals surface area (Å²) in [5, 5.41) is 12.2. The predicted octanol–water partition coefficient (Wildman–Crippen LogP) is 1.95. The predicted molar refractivity (Wildman–Crippen MR) is 92.0 cm³/mol. The van der Waals surface area contributed by atoms with E-state index in [0.29, 0.717) is 12.8 Å². The summed E-state index contributed by atoms with van der Waals surface area (Å²) in [6, 6.07) is -1.88. The van der Waals surface area contributed by atoms with Crippen molar-refractivity contribution in [3.05, 3.63) is 0 Å². The fourth-order valence-corrected chi connectivity index (χ4v) is 2.74. The Bertz CT molecular complexity index is 498. The number of nitrogens with one attached hydrogen (secondary N) is 1. The lowest BCUT2D eigenvalue weighted by atomic mass is 9.97. The molecule has 0 aliphatic rings. The van der Waals surface area contributed by atoms with Gasteiger partial charge in [0.25, 0.3) is 5.91 Å². The zero-order valence-corrected chi connectivity index (χ0v) is 16.1. The number of urea groups is 2. The quantitative estimate of drug-likeness (QED) is 0.531. The van der Waals surface area contributed by atoms with Crippen LogP contribution < -0.4 is 5.32 Å². The van der Waals surface area contributed by atoms with Gasteiger partial charge in [-0.15, -0.1) is 5.06 Å². The molecule has 0 radical (unpaired) electrons. The van der Waals surface area contributed by atoms with E-state index in [1.54, 1.807) is 6.92 Å². The summed E-state index contributed by atoms with van der Waals surface area (Å²) in [6.45, 7) is 7.16. The lowest BCUT2D eigenvalue weighted by Gasteiger charge is -2.31. The van der Waals surface area contributed by atoms with Crippen molar-refractivity contribution >= 4 is 28.8 Å². The number of nitrogens with zero attached hydrogens (tertiary/aromatic N) is 2. The average Bonchev–Trinajstić information content (AvgIpc) is 2.54. The van der Waals surface area contributed by atoms with Gasteiger partial charge in [0.05, 0.1) is 0 Å². The van der Waals surface area contributed by atoms with Crippen molar-refractivity contribution in [2.45, 2.75) is 51.7 Å². The number of hydrogen-bond acceptors (Lipinski definition) is 5. The van der Waals surface area contributed by atoms with E-state index in [2.05, 4.69) is 5.32 Å². The minimum absolute atomic E-state index is 0.0424. The van der Waals surface area contributed by atoms with Crippen LogP contribution in [0.25, 0.3) is 0 Å². The van der Waals surface area contributed by atoms with E-state index in [-0.39, 0.29) is 23.9 Å². The Morgan fingerprint density at radius 1 is 1.29 bits per heavy atom. The van der Waals surface area contributed by atoms with Crippen LogP contribution in [-0.4, -0.2) is 61.9 Å². The van der Waals surface area contributed by atoms with Crippen LogP contribution in [0, 0.1) is 5.92 Å². The molecular weight excluding hydrogens is 334 g/mol. The Balaban J connectivity index is 5.44. The van der Waals surface area contributed by atoms with Gasteiger partial charge in [-0.25, -0.2) is 14.5 Å². The molecule has 0 fully saturated rings. The first kappa shape index (κ1) is 22.5. The van der Waals surface area contributed by atoms with E-state index in [1.165, 1.54) is 20.2 Å². The first-order chi connectivity index (χ1) is 11.0. The highest BCUT2D eigenvalue weighted by atomic mass is 32.2. The van der Waals surface area contributed by atoms with Crippen LogP contribution in [0.1, 0.15) is 47.0 Å². The third kappa shape index (κ3) is 5.55. The SMILES string of the molecule is CCCN(C(=O)NC)C(=O)N(O)C(=O)C(C)(CCC(C)C)S(C)=O. The molecule has 2 N–H and O–H groups in total. The second kappa shape index (κ2) is 9.73. The van der Waals surface area contributed by atoms with Gasteiger partial charge >= 0.3 is 12.1 Å². The summed E-state index contributed by atoms with van der Waals surface area (Å²) in [7, 11) is -0.262. The van der Waals surface area contributed by atoms with E-state index >= 15 is 0 Å². The van der Waals surface area contributed by atoms with E-state index in [1.807, 2.05) is 13.8 Å².